The zero-order valence-corrected chi connectivity index (χ0v) is 19.7. The smallest absolute Gasteiger partial charge is 0.263 e. The Kier molecular flexibility index (Phi) is 7.10. The van der Waals surface area contributed by atoms with Crippen LogP contribution in [0.2, 0.25) is 0 Å². The zero-order chi connectivity index (χ0) is 22.7. The van der Waals surface area contributed by atoms with E-state index in [1.54, 1.807) is 34.1 Å². The molecule has 0 saturated carbocycles. The van der Waals surface area contributed by atoms with E-state index in [1.165, 1.54) is 28.8 Å². The Bertz CT molecular complexity index is 1200. The lowest BCUT2D eigenvalue weighted by atomic mass is 9.97. The molecule has 2 aromatic heterocycles. The largest absolute Gasteiger partial charge is 0.352 e. The standard InChI is InChI=1S/C24H26FN3O2S2/c1-3-13-26-21(29)15(2)31-24-27-22-20(18-6-4-5-7-19(18)32-22)23(30)28(24)14-12-16-8-10-17(25)11-9-16/h3,8-11,15H,1,4-7,12-14H2,2H3,(H,26,29)/t15-/m0/s1. The second-order valence-corrected chi connectivity index (χ2v) is 10.3. The van der Waals surface area contributed by atoms with Crippen LogP contribution in [-0.4, -0.2) is 27.3 Å². The second kappa shape index (κ2) is 10.0. The number of amides is 1. The molecule has 1 aliphatic carbocycles. The number of aryl methyl sites for hydroxylation is 3. The number of rotatable bonds is 8. The van der Waals surface area contributed by atoms with Gasteiger partial charge in [0.05, 0.1) is 10.6 Å². The third kappa shape index (κ3) is 4.81. The fourth-order valence-corrected chi connectivity index (χ4v) is 6.19. The molecule has 0 unspecified atom stereocenters. The van der Waals surface area contributed by atoms with E-state index < -0.39 is 5.25 Å². The average Bonchev–Trinajstić information content (AvgIpc) is 3.16. The quantitative estimate of drug-likeness (QED) is 0.298. The topological polar surface area (TPSA) is 64.0 Å². The highest BCUT2D eigenvalue weighted by molar-refractivity contribution is 8.00. The fourth-order valence-electron chi connectivity index (χ4n) is 3.93. The summed E-state index contributed by atoms with van der Waals surface area (Å²) in [6, 6.07) is 6.32. The maximum absolute atomic E-state index is 13.6. The van der Waals surface area contributed by atoms with Crippen LogP contribution in [0.25, 0.3) is 10.2 Å². The Labute approximate surface area is 194 Å². The minimum absolute atomic E-state index is 0.0438. The van der Waals surface area contributed by atoms with Crippen molar-refractivity contribution in [2.24, 2.45) is 0 Å². The number of carbonyl (C=O) groups excluding carboxylic acids is 1. The predicted octanol–water partition coefficient (Wildman–Crippen LogP) is 4.50. The number of thiophene rings is 1. The van der Waals surface area contributed by atoms with Crippen LogP contribution in [0.1, 0.15) is 35.8 Å². The van der Waals surface area contributed by atoms with Gasteiger partial charge in [-0.15, -0.1) is 17.9 Å². The molecule has 5 nitrogen and oxygen atoms in total. The van der Waals surface area contributed by atoms with E-state index in [0.29, 0.717) is 24.7 Å². The van der Waals surface area contributed by atoms with Gasteiger partial charge in [0.1, 0.15) is 10.6 Å². The van der Waals surface area contributed by atoms with Gasteiger partial charge in [-0.1, -0.05) is 30.0 Å². The number of benzene rings is 1. The summed E-state index contributed by atoms with van der Waals surface area (Å²) in [5.74, 6) is -0.408. The lowest BCUT2D eigenvalue weighted by molar-refractivity contribution is -0.120. The summed E-state index contributed by atoms with van der Waals surface area (Å²) in [4.78, 5) is 32.9. The van der Waals surface area contributed by atoms with Gasteiger partial charge in [-0.2, -0.15) is 0 Å². The Morgan fingerprint density at radius 2 is 2.09 bits per heavy atom. The zero-order valence-electron chi connectivity index (χ0n) is 18.0. The number of nitrogens with one attached hydrogen (secondary N) is 1. The van der Waals surface area contributed by atoms with Gasteiger partial charge in [-0.25, -0.2) is 9.37 Å². The Morgan fingerprint density at radius 1 is 1.34 bits per heavy atom. The van der Waals surface area contributed by atoms with Crippen LogP contribution >= 0.6 is 23.1 Å². The average molecular weight is 472 g/mol. The first-order chi connectivity index (χ1) is 15.5. The van der Waals surface area contributed by atoms with Crippen molar-refractivity contribution in [3.05, 3.63) is 69.1 Å². The molecule has 1 aliphatic rings. The normalized spacial score (nSPS) is 14.2. The number of carbonyl (C=O) groups is 1. The highest BCUT2D eigenvalue weighted by atomic mass is 32.2. The summed E-state index contributed by atoms with van der Waals surface area (Å²) < 4.78 is 15.0. The van der Waals surface area contributed by atoms with E-state index in [1.807, 2.05) is 6.92 Å². The van der Waals surface area contributed by atoms with Crippen LogP contribution in [0.15, 0.2) is 46.9 Å². The molecule has 0 bridgehead atoms. The van der Waals surface area contributed by atoms with Crippen LogP contribution < -0.4 is 10.9 Å². The van der Waals surface area contributed by atoms with Gasteiger partial charge in [-0.3, -0.25) is 14.2 Å². The third-order valence-corrected chi connectivity index (χ3v) is 7.93. The van der Waals surface area contributed by atoms with Crippen molar-refractivity contribution in [3.63, 3.8) is 0 Å². The van der Waals surface area contributed by atoms with Gasteiger partial charge in [0.2, 0.25) is 5.91 Å². The van der Waals surface area contributed by atoms with Crippen LogP contribution in [0, 0.1) is 5.82 Å². The van der Waals surface area contributed by atoms with Crippen molar-refractivity contribution >= 4 is 39.2 Å². The van der Waals surface area contributed by atoms with E-state index in [0.717, 1.165) is 47.0 Å². The van der Waals surface area contributed by atoms with Crippen molar-refractivity contribution in [2.45, 2.75) is 56.0 Å². The van der Waals surface area contributed by atoms with Crippen molar-refractivity contribution in [3.8, 4) is 0 Å². The van der Waals surface area contributed by atoms with Gasteiger partial charge in [0.15, 0.2) is 5.16 Å². The van der Waals surface area contributed by atoms with Gasteiger partial charge < -0.3 is 5.32 Å². The Hall–Kier alpha value is -2.45. The number of hydrogen-bond donors (Lipinski definition) is 1. The van der Waals surface area contributed by atoms with Gasteiger partial charge >= 0.3 is 0 Å². The van der Waals surface area contributed by atoms with Crippen LogP contribution in [-0.2, 0) is 30.6 Å². The lowest BCUT2D eigenvalue weighted by Crippen LogP contribution is -2.32. The molecule has 32 heavy (non-hydrogen) atoms. The van der Waals surface area contributed by atoms with Crippen LogP contribution in [0.5, 0.6) is 0 Å². The minimum atomic E-state index is -0.411. The molecule has 1 N–H and O–H groups in total. The molecular weight excluding hydrogens is 445 g/mol. The molecule has 0 saturated heterocycles. The summed E-state index contributed by atoms with van der Waals surface area (Å²) >= 11 is 2.90. The maximum Gasteiger partial charge on any atom is 0.263 e. The Morgan fingerprint density at radius 3 is 2.84 bits per heavy atom. The van der Waals surface area contributed by atoms with Crippen molar-refractivity contribution < 1.29 is 9.18 Å². The number of halogens is 1. The summed E-state index contributed by atoms with van der Waals surface area (Å²) in [7, 11) is 0. The predicted molar refractivity (Wildman–Crippen MR) is 129 cm³/mol. The molecule has 3 aromatic rings. The number of aromatic nitrogens is 2. The summed E-state index contributed by atoms with van der Waals surface area (Å²) in [5, 5.41) is 3.67. The van der Waals surface area contributed by atoms with Crippen molar-refractivity contribution in [1.29, 1.82) is 0 Å². The second-order valence-electron chi connectivity index (χ2n) is 7.91. The molecule has 168 valence electrons. The Balaban J connectivity index is 1.71. The van der Waals surface area contributed by atoms with Gasteiger partial charge in [0.25, 0.3) is 5.56 Å². The molecular formula is C24H26FN3O2S2. The van der Waals surface area contributed by atoms with Crippen LogP contribution in [0.3, 0.4) is 0 Å². The highest BCUT2D eigenvalue weighted by Gasteiger charge is 2.24. The molecule has 1 amide bonds. The highest BCUT2D eigenvalue weighted by Crippen LogP contribution is 2.35. The maximum atomic E-state index is 13.6. The number of nitrogens with zero attached hydrogens (tertiary/aromatic N) is 2. The SMILES string of the molecule is C=CCNC(=O)[C@H](C)Sc1nc2sc3c(c2c(=O)n1CCc1ccc(F)cc1)CCCC3. The summed E-state index contributed by atoms with van der Waals surface area (Å²) in [6.45, 7) is 6.25. The molecule has 2 heterocycles. The van der Waals surface area contributed by atoms with E-state index in [2.05, 4.69) is 11.9 Å². The van der Waals surface area contributed by atoms with Gasteiger partial charge in [0, 0.05) is 18.0 Å². The first-order valence-electron chi connectivity index (χ1n) is 10.8. The first-order valence-corrected chi connectivity index (χ1v) is 12.5. The molecule has 8 heteroatoms. The number of hydrogen-bond acceptors (Lipinski definition) is 5. The van der Waals surface area contributed by atoms with E-state index >= 15 is 0 Å². The molecule has 0 aliphatic heterocycles. The minimum Gasteiger partial charge on any atom is -0.352 e. The van der Waals surface area contributed by atoms with Gasteiger partial charge in [-0.05, 0) is 62.3 Å². The fraction of sp³-hybridized carbons (Fsp3) is 0.375. The number of fused-ring (bicyclic) bond motifs is 3. The van der Waals surface area contributed by atoms with E-state index in [4.69, 9.17) is 4.98 Å². The monoisotopic (exact) mass is 471 g/mol. The first kappa shape index (κ1) is 22.7. The summed E-state index contributed by atoms with van der Waals surface area (Å²) in [6.07, 6.45) is 6.34. The molecule has 0 fully saturated rings. The molecule has 1 aromatic carbocycles. The molecule has 1 atom stereocenters. The van der Waals surface area contributed by atoms with Crippen LogP contribution in [0.4, 0.5) is 4.39 Å². The van der Waals surface area contributed by atoms with Crippen molar-refractivity contribution in [2.75, 3.05) is 6.54 Å². The van der Waals surface area contributed by atoms with E-state index in [9.17, 15) is 14.0 Å². The molecule has 0 radical (unpaired) electrons. The molecule has 0 spiro atoms. The summed E-state index contributed by atoms with van der Waals surface area (Å²) in [5.41, 5.74) is 2.05. The van der Waals surface area contributed by atoms with Crippen molar-refractivity contribution in [1.82, 2.24) is 14.9 Å². The molecule has 4 rings (SSSR count). The van der Waals surface area contributed by atoms with E-state index in [-0.39, 0.29) is 17.3 Å². The number of thioether (sulfide) groups is 1. The third-order valence-electron chi connectivity index (χ3n) is 5.65. The lowest BCUT2D eigenvalue weighted by Gasteiger charge is -2.16.